The summed E-state index contributed by atoms with van der Waals surface area (Å²) in [5.74, 6) is -0.322. The van der Waals surface area contributed by atoms with Crippen LogP contribution in [0.15, 0.2) is 36.5 Å². The summed E-state index contributed by atoms with van der Waals surface area (Å²) in [5.41, 5.74) is 2.45. The Morgan fingerprint density at radius 1 is 1.35 bits per heavy atom. The Labute approximate surface area is 118 Å². The molecule has 2 aromatic rings. The Morgan fingerprint density at radius 2 is 2.05 bits per heavy atom. The maximum absolute atomic E-state index is 11.9. The van der Waals surface area contributed by atoms with Gasteiger partial charge in [0.25, 0.3) is 0 Å². The maximum Gasteiger partial charge on any atom is 0.341 e. The molecule has 1 aromatic heterocycles. The van der Waals surface area contributed by atoms with Crippen LogP contribution < -0.4 is 4.90 Å². The van der Waals surface area contributed by atoms with Crippen LogP contribution in [0, 0.1) is 0 Å². The average molecular weight is 273 g/mol. The van der Waals surface area contributed by atoms with Crippen LogP contribution in [0.5, 0.6) is 0 Å². The molecule has 0 unspecified atom stereocenters. The fourth-order valence-electron chi connectivity index (χ4n) is 2.03. The van der Waals surface area contributed by atoms with E-state index in [9.17, 15) is 4.79 Å². The number of carbonyl (C=O) groups excluding carboxylic acids is 1. The van der Waals surface area contributed by atoms with Crippen LogP contribution in [0.4, 0.5) is 5.69 Å². The van der Waals surface area contributed by atoms with Gasteiger partial charge in [-0.25, -0.2) is 4.79 Å². The van der Waals surface area contributed by atoms with Gasteiger partial charge in [0, 0.05) is 19.8 Å². The van der Waals surface area contributed by atoms with Crippen LogP contribution in [0.1, 0.15) is 23.0 Å². The topological polar surface area (TPSA) is 47.4 Å². The van der Waals surface area contributed by atoms with Crippen LogP contribution in [0.25, 0.3) is 0 Å². The number of para-hydroxylation sites is 1. The second-order valence-corrected chi connectivity index (χ2v) is 4.54. The van der Waals surface area contributed by atoms with Crippen molar-refractivity contribution < 1.29 is 9.53 Å². The molecule has 1 aromatic carbocycles. The molecule has 0 saturated carbocycles. The van der Waals surface area contributed by atoms with Gasteiger partial charge >= 0.3 is 5.97 Å². The van der Waals surface area contributed by atoms with Gasteiger partial charge in [0.05, 0.1) is 25.0 Å². The number of carbonyl (C=O) groups is 1. The summed E-state index contributed by atoms with van der Waals surface area (Å²) in [7, 11) is 3.81. The van der Waals surface area contributed by atoms with Gasteiger partial charge in [-0.2, -0.15) is 5.10 Å². The summed E-state index contributed by atoms with van der Waals surface area (Å²) in [5, 5.41) is 4.16. The lowest BCUT2D eigenvalue weighted by atomic mass is 10.2. The smallest absolute Gasteiger partial charge is 0.341 e. The molecule has 5 heteroatoms. The summed E-state index contributed by atoms with van der Waals surface area (Å²) in [6, 6.07) is 10.0. The molecule has 0 atom stereocenters. The highest BCUT2D eigenvalue weighted by Gasteiger charge is 2.18. The molecule has 0 N–H and O–H groups in total. The highest BCUT2D eigenvalue weighted by atomic mass is 16.5. The second kappa shape index (κ2) is 6.23. The molecule has 20 heavy (non-hydrogen) atoms. The molecule has 0 bridgehead atoms. The van der Waals surface area contributed by atoms with E-state index in [1.54, 1.807) is 17.8 Å². The van der Waals surface area contributed by atoms with Crippen LogP contribution in [0.3, 0.4) is 0 Å². The van der Waals surface area contributed by atoms with Crippen LogP contribution in [-0.2, 0) is 18.3 Å². The van der Waals surface area contributed by atoms with Crippen molar-refractivity contribution in [3.05, 3.63) is 47.8 Å². The lowest BCUT2D eigenvalue weighted by Gasteiger charge is -2.20. The van der Waals surface area contributed by atoms with Crippen LogP contribution in [-0.4, -0.2) is 29.4 Å². The van der Waals surface area contributed by atoms with E-state index in [-0.39, 0.29) is 5.97 Å². The van der Waals surface area contributed by atoms with E-state index in [1.165, 1.54) is 0 Å². The van der Waals surface area contributed by atoms with Gasteiger partial charge in [0.15, 0.2) is 0 Å². The number of anilines is 1. The number of benzene rings is 1. The summed E-state index contributed by atoms with van der Waals surface area (Å²) < 4.78 is 6.77. The molecule has 106 valence electrons. The predicted octanol–water partition coefficient (Wildman–Crippen LogP) is 2.23. The van der Waals surface area contributed by atoms with Gasteiger partial charge in [0.1, 0.15) is 5.56 Å². The molecule has 0 fully saturated rings. The van der Waals surface area contributed by atoms with Crippen LogP contribution >= 0.6 is 0 Å². The Balaban J connectivity index is 2.21. The highest BCUT2D eigenvalue weighted by Crippen LogP contribution is 2.17. The van der Waals surface area contributed by atoms with E-state index in [2.05, 4.69) is 10.00 Å². The largest absolute Gasteiger partial charge is 0.462 e. The van der Waals surface area contributed by atoms with Crippen LogP contribution in [0.2, 0.25) is 0 Å². The van der Waals surface area contributed by atoms with Gasteiger partial charge in [0.2, 0.25) is 0 Å². The Morgan fingerprint density at radius 3 is 2.70 bits per heavy atom. The van der Waals surface area contributed by atoms with Crippen molar-refractivity contribution in [3.63, 3.8) is 0 Å². The molecular formula is C15H19N3O2. The van der Waals surface area contributed by atoms with E-state index in [4.69, 9.17) is 4.74 Å². The zero-order valence-electron chi connectivity index (χ0n) is 12.0. The third kappa shape index (κ3) is 2.99. The lowest BCUT2D eigenvalue weighted by molar-refractivity contribution is 0.0525. The molecule has 0 aliphatic rings. The number of esters is 1. The van der Waals surface area contributed by atoms with Crippen molar-refractivity contribution >= 4 is 11.7 Å². The number of ether oxygens (including phenoxy) is 1. The van der Waals surface area contributed by atoms with Gasteiger partial charge in [-0.1, -0.05) is 18.2 Å². The maximum atomic E-state index is 11.9. The van der Waals surface area contributed by atoms with Gasteiger partial charge in [-0.15, -0.1) is 0 Å². The Kier molecular flexibility index (Phi) is 4.40. The minimum atomic E-state index is -0.322. The minimum absolute atomic E-state index is 0.322. The van der Waals surface area contributed by atoms with Crippen molar-refractivity contribution in [1.29, 1.82) is 0 Å². The zero-order valence-corrected chi connectivity index (χ0v) is 12.0. The van der Waals surface area contributed by atoms with Crippen molar-refractivity contribution in [2.75, 3.05) is 18.6 Å². The molecule has 5 nitrogen and oxygen atoms in total. The minimum Gasteiger partial charge on any atom is -0.462 e. The standard InChI is InChI=1S/C15H19N3O2/c1-4-20-15(19)13-10-16-18(3)14(13)11-17(2)12-8-6-5-7-9-12/h5-10H,4,11H2,1-3H3. The molecule has 0 aliphatic heterocycles. The van der Waals surface area contributed by atoms with E-state index >= 15 is 0 Å². The number of nitrogens with zero attached hydrogens (tertiary/aromatic N) is 3. The predicted molar refractivity (Wildman–Crippen MR) is 77.7 cm³/mol. The molecule has 0 amide bonds. The zero-order chi connectivity index (χ0) is 14.5. The summed E-state index contributed by atoms with van der Waals surface area (Å²) in [4.78, 5) is 14.0. The number of aryl methyl sites for hydroxylation is 1. The quantitative estimate of drug-likeness (QED) is 0.784. The molecule has 1 heterocycles. The molecule has 0 saturated heterocycles. The number of hydrogen-bond acceptors (Lipinski definition) is 4. The summed E-state index contributed by atoms with van der Waals surface area (Å²) in [6.07, 6.45) is 1.56. The lowest BCUT2D eigenvalue weighted by Crippen LogP contribution is -2.20. The second-order valence-electron chi connectivity index (χ2n) is 4.54. The van der Waals surface area contributed by atoms with E-state index in [1.807, 2.05) is 44.4 Å². The third-order valence-electron chi connectivity index (χ3n) is 3.14. The number of hydrogen-bond donors (Lipinski definition) is 0. The van der Waals surface area contributed by atoms with E-state index in [0.29, 0.717) is 18.7 Å². The van der Waals surface area contributed by atoms with Crippen molar-refractivity contribution in [2.45, 2.75) is 13.5 Å². The average Bonchev–Trinajstić information content (AvgIpc) is 2.81. The molecule has 0 aliphatic carbocycles. The summed E-state index contributed by atoms with van der Waals surface area (Å²) >= 11 is 0. The first-order valence-electron chi connectivity index (χ1n) is 6.57. The third-order valence-corrected chi connectivity index (χ3v) is 3.14. The van der Waals surface area contributed by atoms with Crippen molar-refractivity contribution in [2.24, 2.45) is 7.05 Å². The van der Waals surface area contributed by atoms with Crippen molar-refractivity contribution in [1.82, 2.24) is 9.78 Å². The molecular weight excluding hydrogens is 254 g/mol. The van der Waals surface area contributed by atoms with Gasteiger partial charge in [-0.05, 0) is 19.1 Å². The highest BCUT2D eigenvalue weighted by molar-refractivity contribution is 5.90. The first-order chi connectivity index (χ1) is 9.63. The van der Waals surface area contributed by atoms with E-state index < -0.39 is 0 Å². The fraction of sp³-hybridized carbons (Fsp3) is 0.333. The van der Waals surface area contributed by atoms with Gasteiger partial charge < -0.3 is 9.64 Å². The first kappa shape index (κ1) is 14.1. The number of rotatable bonds is 5. The Bertz CT molecular complexity index is 578. The molecule has 0 spiro atoms. The van der Waals surface area contributed by atoms with Crippen molar-refractivity contribution in [3.8, 4) is 0 Å². The monoisotopic (exact) mass is 273 g/mol. The SMILES string of the molecule is CCOC(=O)c1cnn(C)c1CN(C)c1ccccc1. The fourth-order valence-corrected chi connectivity index (χ4v) is 2.03. The first-order valence-corrected chi connectivity index (χ1v) is 6.57. The normalized spacial score (nSPS) is 10.3. The molecule has 0 radical (unpaired) electrons. The molecule has 2 rings (SSSR count). The van der Waals surface area contributed by atoms with Gasteiger partial charge in [-0.3, -0.25) is 4.68 Å². The number of aromatic nitrogens is 2. The Hall–Kier alpha value is -2.30. The van der Waals surface area contributed by atoms with E-state index in [0.717, 1.165) is 11.4 Å². The summed E-state index contributed by atoms with van der Waals surface area (Å²) in [6.45, 7) is 2.75.